The van der Waals surface area contributed by atoms with Gasteiger partial charge in [-0.3, -0.25) is 9.59 Å². The average Bonchev–Trinajstić information content (AvgIpc) is 3.24. The highest BCUT2D eigenvalue weighted by molar-refractivity contribution is 7.09. The number of nitrogens with one attached hydrogen (secondary N) is 1. The number of piperidine rings is 1. The highest BCUT2D eigenvalue weighted by Gasteiger charge is 2.33. The zero-order chi connectivity index (χ0) is 24.7. The molecule has 1 saturated heterocycles. The Balaban J connectivity index is 1.38. The summed E-state index contributed by atoms with van der Waals surface area (Å²) in [5.41, 5.74) is 2.30. The van der Waals surface area contributed by atoms with Gasteiger partial charge in [0.1, 0.15) is 11.6 Å². The third-order valence-electron chi connectivity index (χ3n) is 5.05. The molecule has 1 N–H and O–H groups in total. The molecule has 8 nitrogen and oxygen atoms in total. The van der Waals surface area contributed by atoms with Gasteiger partial charge in [0, 0.05) is 24.2 Å². The molecule has 2 heterocycles. The van der Waals surface area contributed by atoms with E-state index in [2.05, 4.69) is 15.0 Å². The van der Waals surface area contributed by atoms with Crippen molar-refractivity contribution in [3.63, 3.8) is 0 Å². The van der Waals surface area contributed by atoms with Crippen molar-refractivity contribution in [1.29, 1.82) is 0 Å². The molecule has 1 aliphatic rings. The van der Waals surface area contributed by atoms with Gasteiger partial charge in [-0.2, -0.15) is 13.2 Å². The molecule has 0 radical (unpaired) electrons. The second-order valence-electron chi connectivity index (χ2n) is 7.86. The second-order valence-corrected chi connectivity index (χ2v) is 8.81. The molecule has 12 heteroatoms. The Kier molecular flexibility index (Phi) is 8.48. The van der Waals surface area contributed by atoms with Crippen LogP contribution in [0.1, 0.15) is 29.1 Å². The van der Waals surface area contributed by atoms with E-state index in [-0.39, 0.29) is 44.9 Å². The van der Waals surface area contributed by atoms with E-state index in [9.17, 15) is 27.6 Å². The van der Waals surface area contributed by atoms with Crippen molar-refractivity contribution in [2.75, 3.05) is 25.0 Å². The predicted octanol–water partition coefficient (Wildman–Crippen LogP) is 4.09. The molecule has 34 heavy (non-hydrogen) atoms. The number of rotatable bonds is 7. The van der Waals surface area contributed by atoms with Crippen LogP contribution >= 0.6 is 11.3 Å². The van der Waals surface area contributed by atoms with Crippen LogP contribution < -0.4 is 5.32 Å². The maximum absolute atomic E-state index is 12.3. The summed E-state index contributed by atoms with van der Waals surface area (Å²) in [6.45, 7) is 0.470. The third kappa shape index (κ3) is 8.01. The van der Waals surface area contributed by atoms with Gasteiger partial charge >= 0.3 is 18.2 Å². The molecule has 1 fully saturated rings. The maximum atomic E-state index is 12.3. The molecule has 0 aliphatic carbocycles. The van der Waals surface area contributed by atoms with E-state index in [0.29, 0.717) is 16.4 Å². The van der Waals surface area contributed by atoms with Crippen molar-refractivity contribution in [1.82, 2.24) is 9.88 Å². The van der Waals surface area contributed by atoms with Crippen LogP contribution in [0.4, 0.5) is 23.7 Å². The van der Waals surface area contributed by atoms with Gasteiger partial charge in [-0.05, 0) is 31.9 Å². The molecular formula is C22H24F3N3O5S. The van der Waals surface area contributed by atoms with Crippen molar-refractivity contribution in [2.24, 2.45) is 5.92 Å². The Morgan fingerprint density at radius 2 is 1.82 bits per heavy atom. The molecule has 1 aliphatic heterocycles. The van der Waals surface area contributed by atoms with Crippen LogP contribution in [0.15, 0.2) is 29.6 Å². The number of hydrogen-bond acceptors (Lipinski definition) is 7. The summed E-state index contributed by atoms with van der Waals surface area (Å²) in [5, 5.41) is 5.09. The zero-order valence-corrected chi connectivity index (χ0v) is 19.2. The van der Waals surface area contributed by atoms with Crippen LogP contribution in [0.5, 0.6) is 0 Å². The lowest BCUT2D eigenvalue weighted by Crippen LogP contribution is -2.41. The number of nitrogens with zero attached hydrogens (tertiary/aromatic N) is 2. The summed E-state index contributed by atoms with van der Waals surface area (Å²) >= 11 is 1.29. The lowest BCUT2D eigenvalue weighted by Gasteiger charge is -2.30. The number of alkyl halides is 3. The van der Waals surface area contributed by atoms with Gasteiger partial charge in [-0.1, -0.05) is 17.7 Å². The lowest BCUT2D eigenvalue weighted by atomic mass is 9.97. The molecular weight excluding hydrogens is 475 g/mol. The summed E-state index contributed by atoms with van der Waals surface area (Å²) in [4.78, 5) is 41.7. The smallest absolute Gasteiger partial charge is 0.422 e. The lowest BCUT2D eigenvalue weighted by molar-refractivity contribution is -0.163. The molecule has 0 saturated carbocycles. The number of hydrogen-bond donors (Lipinski definition) is 1. The van der Waals surface area contributed by atoms with Gasteiger partial charge in [0.05, 0.1) is 18.0 Å². The second kappa shape index (κ2) is 11.3. The van der Waals surface area contributed by atoms with Gasteiger partial charge < -0.3 is 19.7 Å². The summed E-state index contributed by atoms with van der Waals surface area (Å²) in [5.74, 6) is -1.14. The van der Waals surface area contributed by atoms with Gasteiger partial charge in [0.2, 0.25) is 5.91 Å². The number of aromatic nitrogens is 1. The van der Waals surface area contributed by atoms with E-state index in [1.165, 1.54) is 11.3 Å². The Labute approximate surface area is 198 Å². The molecule has 0 spiro atoms. The minimum atomic E-state index is -4.59. The fourth-order valence-corrected chi connectivity index (χ4v) is 4.05. The van der Waals surface area contributed by atoms with Crippen LogP contribution in [0.25, 0.3) is 0 Å². The third-order valence-corrected chi connectivity index (χ3v) is 5.95. The van der Waals surface area contributed by atoms with Crippen LogP contribution in [-0.4, -0.2) is 53.7 Å². The van der Waals surface area contributed by atoms with Crippen molar-refractivity contribution >= 4 is 35.0 Å². The summed E-state index contributed by atoms with van der Waals surface area (Å²) in [6, 6.07) is 7.43. The predicted molar refractivity (Wildman–Crippen MR) is 117 cm³/mol. The first-order valence-corrected chi connectivity index (χ1v) is 11.4. The Morgan fingerprint density at radius 1 is 1.15 bits per heavy atom. The normalized spacial score (nSPS) is 14.5. The number of aryl methyl sites for hydroxylation is 1. The Bertz CT molecular complexity index is 1000. The number of benzene rings is 1. The molecule has 1 aromatic heterocycles. The standard InChI is InChI=1S/C22H24F3N3O5S/c1-14-2-4-16(5-3-14)26-18(29)10-19-27-17(12-34-19)11-32-20(30)15-6-8-28(9-7-15)21(31)33-13-22(23,24)25/h2-5,12,15H,6-11,13H2,1H3,(H,26,29). The Hall–Kier alpha value is -3.15. The Morgan fingerprint density at radius 3 is 2.47 bits per heavy atom. The van der Waals surface area contributed by atoms with Gasteiger partial charge in [0.15, 0.2) is 6.61 Å². The van der Waals surface area contributed by atoms with Crippen LogP contribution in [0, 0.1) is 12.8 Å². The van der Waals surface area contributed by atoms with Crippen LogP contribution in [-0.2, 0) is 32.1 Å². The molecule has 0 bridgehead atoms. The van der Waals surface area contributed by atoms with Crippen molar-refractivity contribution in [2.45, 2.75) is 39.0 Å². The van der Waals surface area contributed by atoms with Crippen molar-refractivity contribution in [3.8, 4) is 0 Å². The van der Waals surface area contributed by atoms with E-state index in [0.717, 1.165) is 10.5 Å². The number of halogens is 3. The molecule has 3 rings (SSSR count). The number of carbonyl (C=O) groups excluding carboxylic acids is 3. The monoisotopic (exact) mass is 499 g/mol. The highest BCUT2D eigenvalue weighted by atomic mass is 32.1. The largest absolute Gasteiger partial charge is 0.459 e. The van der Waals surface area contributed by atoms with Gasteiger partial charge in [-0.15, -0.1) is 11.3 Å². The molecule has 0 atom stereocenters. The van der Waals surface area contributed by atoms with E-state index in [1.807, 2.05) is 31.2 Å². The minimum Gasteiger partial charge on any atom is -0.459 e. The van der Waals surface area contributed by atoms with Crippen molar-refractivity contribution < 1.29 is 37.0 Å². The fraction of sp³-hybridized carbons (Fsp3) is 0.455. The molecule has 2 amide bonds. The average molecular weight is 500 g/mol. The zero-order valence-electron chi connectivity index (χ0n) is 18.4. The van der Waals surface area contributed by atoms with E-state index >= 15 is 0 Å². The van der Waals surface area contributed by atoms with Crippen LogP contribution in [0.3, 0.4) is 0 Å². The van der Waals surface area contributed by atoms with Crippen LogP contribution in [0.2, 0.25) is 0 Å². The van der Waals surface area contributed by atoms with E-state index in [1.54, 1.807) is 5.38 Å². The fourth-order valence-electron chi connectivity index (χ4n) is 3.27. The first-order valence-electron chi connectivity index (χ1n) is 10.5. The molecule has 1 aromatic carbocycles. The number of thiazole rings is 1. The summed E-state index contributed by atoms with van der Waals surface area (Å²) < 4.78 is 46.0. The first-order chi connectivity index (χ1) is 16.1. The SMILES string of the molecule is Cc1ccc(NC(=O)Cc2nc(COC(=O)C3CCN(C(=O)OCC(F)(F)F)CC3)cs2)cc1. The van der Waals surface area contributed by atoms with E-state index in [4.69, 9.17) is 4.74 Å². The molecule has 2 aromatic rings. The van der Waals surface area contributed by atoms with Gasteiger partial charge in [-0.25, -0.2) is 9.78 Å². The molecule has 0 unspecified atom stereocenters. The minimum absolute atomic E-state index is 0.0528. The number of amides is 2. The number of carbonyl (C=O) groups is 3. The number of esters is 1. The maximum Gasteiger partial charge on any atom is 0.422 e. The number of ether oxygens (including phenoxy) is 2. The summed E-state index contributed by atoms with van der Waals surface area (Å²) in [7, 11) is 0. The first kappa shape index (κ1) is 25.5. The topological polar surface area (TPSA) is 97.8 Å². The van der Waals surface area contributed by atoms with Crippen molar-refractivity contribution in [3.05, 3.63) is 45.9 Å². The summed E-state index contributed by atoms with van der Waals surface area (Å²) in [6.07, 6.45) is -5.01. The number of likely N-dealkylation sites (tertiary alicyclic amines) is 1. The van der Waals surface area contributed by atoms with E-state index < -0.39 is 30.8 Å². The molecule has 184 valence electrons. The highest BCUT2D eigenvalue weighted by Crippen LogP contribution is 2.22. The quantitative estimate of drug-likeness (QED) is 0.577. The van der Waals surface area contributed by atoms with Gasteiger partial charge in [0.25, 0.3) is 0 Å². The number of anilines is 1.